The predicted molar refractivity (Wildman–Crippen MR) is 126 cm³/mol. The molecular weight excluding hydrogens is 473 g/mol. The van der Waals surface area contributed by atoms with Crippen LogP contribution in [0.25, 0.3) is 11.3 Å². The van der Waals surface area contributed by atoms with Crippen LogP contribution in [0, 0.1) is 5.82 Å². The van der Waals surface area contributed by atoms with Crippen molar-refractivity contribution in [1.82, 2.24) is 14.3 Å². The first-order valence-electron chi connectivity index (χ1n) is 10.8. The maximum atomic E-state index is 15.3. The minimum absolute atomic E-state index is 0.00908. The van der Waals surface area contributed by atoms with Crippen LogP contribution >= 0.6 is 0 Å². The van der Waals surface area contributed by atoms with Crippen LogP contribution in [0.3, 0.4) is 0 Å². The number of benzene rings is 2. The molecule has 0 fully saturated rings. The van der Waals surface area contributed by atoms with Gasteiger partial charge >= 0.3 is 0 Å². The molecule has 8 nitrogen and oxygen atoms in total. The molecule has 1 N–H and O–H groups in total. The highest BCUT2D eigenvalue weighted by atomic mass is 32.2. The van der Waals surface area contributed by atoms with E-state index in [1.54, 1.807) is 25.2 Å². The molecular formula is C25H22FN3O5S. The number of aromatic nitrogens is 2. The van der Waals surface area contributed by atoms with Gasteiger partial charge in [0.15, 0.2) is 11.5 Å². The Kier molecular flexibility index (Phi) is 6.14. The Morgan fingerprint density at radius 3 is 2.80 bits per heavy atom. The molecule has 180 valence electrons. The molecule has 2 aromatic heterocycles. The number of hydrogen-bond donors (Lipinski definition) is 1. The largest absolute Gasteiger partial charge is 0.489 e. The third kappa shape index (κ3) is 4.45. The Labute approximate surface area is 202 Å². The molecule has 35 heavy (non-hydrogen) atoms. The van der Waals surface area contributed by atoms with Gasteiger partial charge in [0.2, 0.25) is 6.79 Å². The second-order valence-electron chi connectivity index (χ2n) is 7.83. The van der Waals surface area contributed by atoms with E-state index < -0.39 is 15.8 Å². The van der Waals surface area contributed by atoms with Crippen molar-refractivity contribution in [2.24, 2.45) is 0 Å². The average Bonchev–Trinajstić information content (AvgIpc) is 3.51. The van der Waals surface area contributed by atoms with E-state index in [1.165, 1.54) is 42.9 Å². The summed E-state index contributed by atoms with van der Waals surface area (Å²) in [6, 6.07) is 14.5. The van der Waals surface area contributed by atoms with E-state index in [-0.39, 0.29) is 29.6 Å². The first kappa shape index (κ1) is 22.9. The molecule has 1 aliphatic heterocycles. The molecule has 4 aromatic rings. The van der Waals surface area contributed by atoms with Crippen molar-refractivity contribution in [3.05, 3.63) is 90.1 Å². The van der Waals surface area contributed by atoms with Crippen LogP contribution in [-0.2, 0) is 23.2 Å². The third-order valence-electron chi connectivity index (χ3n) is 5.50. The lowest BCUT2D eigenvalue weighted by molar-refractivity contribution is 0.171. The highest BCUT2D eigenvalue weighted by Crippen LogP contribution is 2.36. The monoisotopic (exact) mass is 495 g/mol. The summed E-state index contributed by atoms with van der Waals surface area (Å²) in [5.74, 6) is 0.934. The van der Waals surface area contributed by atoms with Gasteiger partial charge in [-0.1, -0.05) is 12.1 Å². The van der Waals surface area contributed by atoms with Gasteiger partial charge in [0.1, 0.15) is 23.1 Å². The minimum atomic E-state index is -3.99. The Balaban J connectivity index is 1.46. The maximum Gasteiger partial charge on any atom is 0.269 e. The van der Waals surface area contributed by atoms with Crippen LogP contribution in [0.5, 0.6) is 17.2 Å². The smallest absolute Gasteiger partial charge is 0.269 e. The van der Waals surface area contributed by atoms with Gasteiger partial charge in [-0.2, -0.15) is 0 Å². The van der Waals surface area contributed by atoms with Crippen molar-refractivity contribution < 1.29 is 27.0 Å². The number of nitrogens with zero attached hydrogens (tertiary/aromatic N) is 2. The zero-order chi connectivity index (χ0) is 24.4. The maximum absolute atomic E-state index is 15.3. The normalized spacial score (nSPS) is 12.6. The quantitative estimate of drug-likeness (QED) is 0.396. The number of rotatable bonds is 8. The van der Waals surface area contributed by atoms with E-state index in [4.69, 9.17) is 14.2 Å². The van der Waals surface area contributed by atoms with Crippen molar-refractivity contribution in [1.29, 1.82) is 0 Å². The minimum Gasteiger partial charge on any atom is -0.489 e. The van der Waals surface area contributed by atoms with Crippen LogP contribution in [-0.4, -0.2) is 31.2 Å². The Morgan fingerprint density at radius 1 is 1.14 bits per heavy atom. The van der Waals surface area contributed by atoms with Crippen molar-refractivity contribution in [3.63, 3.8) is 0 Å². The van der Waals surface area contributed by atoms with Crippen LogP contribution in [0.4, 0.5) is 4.39 Å². The Bertz CT molecular complexity index is 1470. The van der Waals surface area contributed by atoms with Gasteiger partial charge in [-0.25, -0.2) is 16.8 Å². The summed E-state index contributed by atoms with van der Waals surface area (Å²) in [5, 5.41) is 2.99. The second-order valence-corrected chi connectivity index (χ2v) is 9.65. The van der Waals surface area contributed by atoms with Gasteiger partial charge in [-0.3, -0.25) is 4.98 Å². The van der Waals surface area contributed by atoms with Gasteiger partial charge in [-0.05, 0) is 49.0 Å². The first-order chi connectivity index (χ1) is 17.0. The van der Waals surface area contributed by atoms with Crippen LogP contribution < -0.4 is 19.5 Å². The van der Waals surface area contributed by atoms with Crippen molar-refractivity contribution >= 4 is 10.0 Å². The number of nitrogens with one attached hydrogen (secondary N) is 1. The fraction of sp³-hybridized carbons (Fsp3) is 0.160. The van der Waals surface area contributed by atoms with E-state index in [2.05, 4.69) is 10.3 Å². The first-order valence-corrected chi connectivity index (χ1v) is 12.2. The molecule has 0 amide bonds. The molecule has 1 aliphatic rings. The third-order valence-corrected chi connectivity index (χ3v) is 7.16. The molecule has 0 spiro atoms. The van der Waals surface area contributed by atoms with Crippen LogP contribution in [0.15, 0.2) is 78.1 Å². The van der Waals surface area contributed by atoms with Gasteiger partial charge in [0.25, 0.3) is 10.0 Å². The highest BCUT2D eigenvalue weighted by molar-refractivity contribution is 7.90. The van der Waals surface area contributed by atoms with E-state index in [1.807, 2.05) is 12.1 Å². The Hall–Kier alpha value is -3.89. The lowest BCUT2D eigenvalue weighted by Gasteiger charge is -2.13. The van der Waals surface area contributed by atoms with Gasteiger partial charge in [0.05, 0.1) is 5.69 Å². The zero-order valence-electron chi connectivity index (χ0n) is 18.8. The number of hydrogen-bond acceptors (Lipinski definition) is 7. The molecule has 0 aliphatic carbocycles. The van der Waals surface area contributed by atoms with E-state index in [0.29, 0.717) is 29.4 Å². The molecule has 10 heteroatoms. The van der Waals surface area contributed by atoms with Gasteiger partial charge < -0.3 is 19.5 Å². The zero-order valence-corrected chi connectivity index (χ0v) is 19.6. The van der Waals surface area contributed by atoms with Gasteiger partial charge in [0, 0.05) is 42.3 Å². The highest BCUT2D eigenvalue weighted by Gasteiger charge is 2.24. The molecule has 0 saturated heterocycles. The molecule has 2 aromatic carbocycles. The van der Waals surface area contributed by atoms with E-state index in [9.17, 15) is 8.42 Å². The summed E-state index contributed by atoms with van der Waals surface area (Å²) >= 11 is 0. The standard InChI is InChI=1S/C25H22FN3O5S/c1-27-12-17-10-23(29(14-17)35(30,31)20-5-3-9-28-13-20)21-8-7-19(11-22(21)26)32-15-18-4-2-6-24-25(18)34-16-33-24/h2-11,13-14,27H,12,15-16H2,1H3. The summed E-state index contributed by atoms with van der Waals surface area (Å²) < 4.78 is 59.6. The molecule has 0 atom stereocenters. The van der Waals surface area contributed by atoms with Crippen molar-refractivity contribution in [2.45, 2.75) is 18.0 Å². The fourth-order valence-electron chi connectivity index (χ4n) is 3.86. The van der Waals surface area contributed by atoms with Gasteiger partial charge in [-0.15, -0.1) is 0 Å². The number of fused-ring (bicyclic) bond motifs is 1. The van der Waals surface area contributed by atoms with Crippen molar-refractivity contribution in [3.8, 4) is 28.5 Å². The second kappa shape index (κ2) is 9.40. The molecule has 0 saturated carbocycles. The average molecular weight is 496 g/mol. The summed E-state index contributed by atoms with van der Waals surface area (Å²) in [4.78, 5) is 3.92. The summed E-state index contributed by atoms with van der Waals surface area (Å²) in [6.07, 6.45) is 4.23. The number of para-hydroxylation sites is 1. The fourth-order valence-corrected chi connectivity index (χ4v) is 5.22. The molecule has 5 rings (SSSR count). The topological polar surface area (TPSA) is 91.7 Å². The molecule has 3 heterocycles. The molecule has 0 bridgehead atoms. The molecule has 0 radical (unpaired) electrons. The summed E-state index contributed by atoms with van der Waals surface area (Å²) in [5.41, 5.74) is 1.80. The van der Waals surface area contributed by atoms with E-state index >= 15 is 4.39 Å². The van der Waals surface area contributed by atoms with E-state index in [0.717, 1.165) is 9.54 Å². The number of pyridine rings is 1. The van der Waals surface area contributed by atoms with Crippen LogP contribution in [0.2, 0.25) is 0 Å². The number of halogens is 1. The predicted octanol–water partition coefficient (Wildman–Crippen LogP) is 3.95. The summed E-state index contributed by atoms with van der Waals surface area (Å²) in [7, 11) is -2.24. The Morgan fingerprint density at radius 2 is 2.03 bits per heavy atom. The van der Waals surface area contributed by atoms with Crippen LogP contribution in [0.1, 0.15) is 11.1 Å². The lowest BCUT2D eigenvalue weighted by Crippen LogP contribution is -2.14. The lowest BCUT2D eigenvalue weighted by atomic mass is 10.1. The molecule has 0 unspecified atom stereocenters. The SMILES string of the molecule is CNCc1cc(-c2ccc(OCc3cccc4c3OCO4)cc2F)n(S(=O)(=O)c2cccnc2)c1. The summed E-state index contributed by atoms with van der Waals surface area (Å²) in [6.45, 7) is 0.717. The van der Waals surface area contributed by atoms with Crippen molar-refractivity contribution in [2.75, 3.05) is 13.8 Å². The number of ether oxygens (including phenoxy) is 3.